The third kappa shape index (κ3) is 2.90. The highest BCUT2D eigenvalue weighted by Crippen LogP contribution is 2.19. The molecule has 1 amide bonds. The van der Waals surface area contributed by atoms with Crippen LogP contribution >= 0.6 is 0 Å². The van der Waals surface area contributed by atoms with E-state index < -0.39 is 0 Å². The van der Waals surface area contributed by atoms with Gasteiger partial charge in [0.05, 0.1) is 6.42 Å². The van der Waals surface area contributed by atoms with Gasteiger partial charge in [0, 0.05) is 11.9 Å². The van der Waals surface area contributed by atoms with Crippen LogP contribution in [0.4, 0.5) is 5.82 Å². The summed E-state index contributed by atoms with van der Waals surface area (Å²) in [6, 6.07) is 5.49. The maximum Gasteiger partial charge on any atom is 0.254 e. The van der Waals surface area contributed by atoms with Gasteiger partial charge in [-0.2, -0.15) is 10.1 Å². The molecule has 0 radical (unpaired) electrons. The fourth-order valence-corrected chi connectivity index (χ4v) is 1.86. The molecule has 4 nitrogen and oxygen atoms in total. The van der Waals surface area contributed by atoms with Crippen LogP contribution in [0.2, 0.25) is 0 Å². The number of hydrogen-bond donors (Lipinski definition) is 0. The standard InChI is InChI=1S/C13H17N3O/c1-2-3-4-7-11-10-13(17)16(15-11)12-8-5-6-9-14-12/h5-6,8-9H,2-4,7,10H2,1H3. The molecule has 0 saturated heterocycles. The zero-order valence-corrected chi connectivity index (χ0v) is 10.1. The summed E-state index contributed by atoms with van der Waals surface area (Å²) in [5.74, 6) is 0.637. The van der Waals surface area contributed by atoms with Crippen LogP contribution < -0.4 is 5.01 Å². The fourth-order valence-electron chi connectivity index (χ4n) is 1.86. The third-order valence-electron chi connectivity index (χ3n) is 2.77. The molecule has 0 saturated carbocycles. The van der Waals surface area contributed by atoms with Gasteiger partial charge in [0.15, 0.2) is 5.82 Å². The quantitative estimate of drug-likeness (QED) is 0.731. The Morgan fingerprint density at radius 1 is 1.35 bits per heavy atom. The number of anilines is 1. The average Bonchev–Trinajstić information content (AvgIpc) is 2.72. The Morgan fingerprint density at radius 3 is 2.94 bits per heavy atom. The largest absolute Gasteiger partial charge is 0.272 e. The molecule has 0 unspecified atom stereocenters. The number of unbranched alkanes of at least 4 members (excludes halogenated alkanes) is 2. The lowest BCUT2D eigenvalue weighted by molar-refractivity contribution is -0.116. The van der Waals surface area contributed by atoms with E-state index in [0.717, 1.165) is 18.6 Å². The van der Waals surface area contributed by atoms with Crippen molar-refractivity contribution in [1.29, 1.82) is 0 Å². The van der Waals surface area contributed by atoms with Crippen LogP contribution in [0.3, 0.4) is 0 Å². The van der Waals surface area contributed by atoms with Gasteiger partial charge in [-0.15, -0.1) is 0 Å². The fraction of sp³-hybridized carbons (Fsp3) is 0.462. The van der Waals surface area contributed by atoms with Crippen molar-refractivity contribution in [3.63, 3.8) is 0 Å². The van der Waals surface area contributed by atoms with Crippen LogP contribution in [0.25, 0.3) is 0 Å². The molecule has 0 aromatic carbocycles. The van der Waals surface area contributed by atoms with Crippen molar-refractivity contribution in [3.05, 3.63) is 24.4 Å². The minimum absolute atomic E-state index is 0.0233. The molecule has 1 aromatic heterocycles. The van der Waals surface area contributed by atoms with Gasteiger partial charge in [-0.05, 0) is 25.0 Å². The highest BCUT2D eigenvalue weighted by molar-refractivity contribution is 6.12. The molecule has 0 aliphatic carbocycles. The second-order valence-electron chi connectivity index (χ2n) is 4.19. The zero-order valence-electron chi connectivity index (χ0n) is 10.1. The minimum Gasteiger partial charge on any atom is -0.272 e. The number of nitrogens with zero attached hydrogens (tertiary/aromatic N) is 3. The van der Waals surface area contributed by atoms with Gasteiger partial charge in [0.2, 0.25) is 0 Å². The molecule has 0 spiro atoms. The normalized spacial score (nSPS) is 15.2. The van der Waals surface area contributed by atoms with Crippen LogP contribution in [0.1, 0.15) is 39.0 Å². The first-order valence-corrected chi connectivity index (χ1v) is 6.11. The van der Waals surface area contributed by atoms with E-state index in [1.807, 2.05) is 12.1 Å². The van der Waals surface area contributed by atoms with E-state index in [9.17, 15) is 4.79 Å². The summed E-state index contributed by atoms with van der Waals surface area (Å²) in [5.41, 5.74) is 0.981. The van der Waals surface area contributed by atoms with Gasteiger partial charge in [-0.1, -0.05) is 25.8 Å². The number of carbonyl (C=O) groups is 1. The molecule has 1 aliphatic heterocycles. The summed E-state index contributed by atoms with van der Waals surface area (Å²) >= 11 is 0. The number of carbonyl (C=O) groups excluding carboxylic acids is 1. The monoisotopic (exact) mass is 231 g/mol. The summed E-state index contributed by atoms with van der Waals surface area (Å²) in [6.45, 7) is 2.17. The second kappa shape index (κ2) is 5.57. The Morgan fingerprint density at radius 2 is 2.24 bits per heavy atom. The molecule has 0 fully saturated rings. The molecule has 90 valence electrons. The van der Waals surface area contributed by atoms with Crippen molar-refractivity contribution in [2.45, 2.75) is 39.0 Å². The van der Waals surface area contributed by atoms with Gasteiger partial charge >= 0.3 is 0 Å². The summed E-state index contributed by atoms with van der Waals surface area (Å²) in [5, 5.41) is 5.77. The maximum atomic E-state index is 11.8. The highest BCUT2D eigenvalue weighted by atomic mass is 16.2. The number of hydrazone groups is 1. The van der Waals surface area contributed by atoms with E-state index in [1.165, 1.54) is 17.9 Å². The molecule has 4 heteroatoms. The Labute approximate surface area is 101 Å². The van der Waals surface area contributed by atoms with Gasteiger partial charge in [0.1, 0.15) is 0 Å². The molecule has 0 atom stereocenters. The second-order valence-corrected chi connectivity index (χ2v) is 4.19. The zero-order chi connectivity index (χ0) is 12.1. The third-order valence-corrected chi connectivity index (χ3v) is 2.77. The lowest BCUT2D eigenvalue weighted by atomic mass is 10.1. The van der Waals surface area contributed by atoms with Crippen molar-refractivity contribution in [2.24, 2.45) is 5.10 Å². The molecular weight excluding hydrogens is 214 g/mol. The van der Waals surface area contributed by atoms with Crippen LogP contribution in [0.15, 0.2) is 29.5 Å². The van der Waals surface area contributed by atoms with Gasteiger partial charge < -0.3 is 0 Å². The Hall–Kier alpha value is -1.71. The van der Waals surface area contributed by atoms with Crippen molar-refractivity contribution in [2.75, 3.05) is 5.01 Å². The average molecular weight is 231 g/mol. The van der Waals surface area contributed by atoms with Crippen molar-refractivity contribution in [1.82, 2.24) is 4.98 Å². The first kappa shape index (κ1) is 11.8. The molecule has 1 aromatic rings. The first-order chi connectivity index (χ1) is 8.31. The predicted molar refractivity (Wildman–Crippen MR) is 67.9 cm³/mol. The van der Waals surface area contributed by atoms with Gasteiger partial charge in [0.25, 0.3) is 5.91 Å². The Balaban J connectivity index is 2.02. The van der Waals surface area contributed by atoms with E-state index in [0.29, 0.717) is 12.2 Å². The highest BCUT2D eigenvalue weighted by Gasteiger charge is 2.25. The Bertz CT molecular complexity index is 414. The van der Waals surface area contributed by atoms with E-state index >= 15 is 0 Å². The molecule has 17 heavy (non-hydrogen) atoms. The van der Waals surface area contributed by atoms with Crippen LogP contribution in [-0.2, 0) is 4.79 Å². The topological polar surface area (TPSA) is 45.6 Å². The number of pyridine rings is 1. The molecule has 1 aliphatic rings. The van der Waals surface area contributed by atoms with Crippen molar-refractivity contribution >= 4 is 17.4 Å². The lowest BCUT2D eigenvalue weighted by Crippen LogP contribution is -2.20. The van der Waals surface area contributed by atoms with Crippen LogP contribution in [0.5, 0.6) is 0 Å². The molecule has 2 heterocycles. The minimum atomic E-state index is 0.0233. The molecule has 2 rings (SSSR count). The number of rotatable bonds is 5. The van der Waals surface area contributed by atoms with E-state index in [2.05, 4.69) is 17.0 Å². The number of aromatic nitrogens is 1. The molecule has 0 bridgehead atoms. The Kier molecular flexibility index (Phi) is 3.85. The van der Waals surface area contributed by atoms with Crippen molar-refractivity contribution in [3.8, 4) is 0 Å². The predicted octanol–water partition coefficient (Wildman–Crippen LogP) is 2.75. The van der Waals surface area contributed by atoms with Gasteiger partial charge in [-0.25, -0.2) is 4.98 Å². The van der Waals surface area contributed by atoms with Crippen LogP contribution in [0, 0.1) is 0 Å². The van der Waals surface area contributed by atoms with Crippen molar-refractivity contribution < 1.29 is 4.79 Å². The summed E-state index contributed by atoms with van der Waals surface area (Å²) < 4.78 is 0. The molecule has 0 N–H and O–H groups in total. The smallest absolute Gasteiger partial charge is 0.254 e. The van der Waals surface area contributed by atoms with E-state index in [1.54, 1.807) is 12.3 Å². The lowest BCUT2D eigenvalue weighted by Gasteiger charge is -2.08. The summed E-state index contributed by atoms with van der Waals surface area (Å²) in [7, 11) is 0. The van der Waals surface area contributed by atoms with E-state index in [-0.39, 0.29) is 5.91 Å². The number of amides is 1. The first-order valence-electron chi connectivity index (χ1n) is 6.11. The summed E-state index contributed by atoms with van der Waals surface area (Å²) in [6.07, 6.45) is 6.52. The summed E-state index contributed by atoms with van der Waals surface area (Å²) in [4.78, 5) is 15.9. The van der Waals surface area contributed by atoms with Crippen LogP contribution in [-0.4, -0.2) is 16.6 Å². The SMILES string of the molecule is CCCCCC1=NN(c2ccccn2)C(=O)C1. The number of hydrogen-bond acceptors (Lipinski definition) is 3. The van der Waals surface area contributed by atoms with E-state index in [4.69, 9.17) is 0 Å². The maximum absolute atomic E-state index is 11.8. The molecular formula is C13H17N3O. The van der Waals surface area contributed by atoms with Gasteiger partial charge in [-0.3, -0.25) is 4.79 Å².